The number of aliphatic hydroxyl groups is 1. The van der Waals surface area contributed by atoms with Gasteiger partial charge in [-0.05, 0) is 61.5 Å². The lowest BCUT2D eigenvalue weighted by Gasteiger charge is -2.34. The van der Waals surface area contributed by atoms with Crippen LogP contribution in [0.4, 0.5) is 0 Å². The zero-order valence-electron chi connectivity index (χ0n) is 28.2. The molecule has 0 aliphatic rings. The predicted molar refractivity (Wildman–Crippen MR) is 187 cm³/mol. The van der Waals surface area contributed by atoms with Gasteiger partial charge in [0, 0.05) is 55.9 Å². The van der Waals surface area contributed by atoms with E-state index in [1.165, 1.54) is 27.2 Å². The van der Waals surface area contributed by atoms with Crippen LogP contribution >= 0.6 is 11.3 Å². The van der Waals surface area contributed by atoms with Gasteiger partial charge in [-0.15, -0.1) is 11.3 Å². The Morgan fingerprint density at radius 1 is 0.870 bits per heavy atom. The van der Waals surface area contributed by atoms with Crippen LogP contribution in [0.15, 0.2) is 84.3 Å². The number of thiophene rings is 1. The molecule has 0 saturated carbocycles. The molecule has 3 N–H and O–H groups in total. The van der Waals surface area contributed by atoms with Gasteiger partial charge >= 0.3 is 0 Å². The van der Waals surface area contributed by atoms with Gasteiger partial charge in [-0.2, -0.15) is 0 Å². The van der Waals surface area contributed by atoms with E-state index in [0.29, 0.717) is 12.8 Å². The van der Waals surface area contributed by atoms with Crippen molar-refractivity contribution in [1.29, 1.82) is 0 Å². The Balaban J connectivity index is 1.92. The van der Waals surface area contributed by atoms with E-state index >= 15 is 0 Å². The number of hydrogen-bond donors (Lipinski definition) is 3. The summed E-state index contributed by atoms with van der Waals surface area (Å²) >= 11 is 1.52. The molecule has 2 aromatic carbocycles. The molecule has 0 aliphatic heterocycles. The fraction of sp³-hybridized carbons (Fsp3) is 0.432. The van der Waals surface area contributed by atoms with Gasteiger partial charge in [0.15, 0.2) is 0 Å². The highest BCUT2D eigenvalue weighted by Gasteiger charge is 2.35. The molecule has 1 aromatic heterocycles. The van der Waals surface area contributed by atoms with E-state index in [1.807, 2.05) is 113 Å². The number of nitrogens with zero attached hydrogens (tertiary/aromatic N) is 2. The summed E-state index contributed by atoms with van der Waals surface area (Å²) in [5, 5.41) is 17.8. The smallest absolute Gasteiger partial charge is 0.246 e. The quantitative estimate of drug-likeness (QED) is 0.192. The lowest BCUT2D eigenvalue weighted by Crippen LogP contribution is -2.56. The molecule has 3 aromatic rings. The van der Waals surface area contributed by atoms with Crippen LogP contribution in [-0.2, 0) is 27.2 Å². The number of aliphatic hydroxyl groups excluding tert-OH is 1. The highest BCUT2D eigenvalue weighted by atomic mass is 32.1. The molecular formula is C37H50N4O4S. The van der Waals surface area contributed by atoms with Crippen molar-refractivity contribution in [3.8, 4) is 11.1 Å². The van der Waals surface area contributed by atoms with Crippen molar-refractivity contribution in [1.82, 2.24) is 20.4 Å². The summed E-state index contributed by atoms with van der Waals surface area (Å²) in [5.74, 6) is -0.923. The van der Waals surface area contributed by atoms with E-state index in [2.05, 4.69) is 10.6 Å². The number of benzene rings is 2. The summed E-state index contributed by atoms with van der Waals surface area (Å²) in [4.78, 5) is 45.4. The molecule has 0 aliphatic carbocycles. The van der Waals surface area contributed by atoms with E-state index in [1.54, 1.807) is 14.1 Å². The van der Waals surface area contributed by atoms with Gasteiger partial charge in [0.2, 0.25) is 17.7 Å². The first-order valence-corrected chi connectivity index (χ1v) is 16.6. The van der Waals surface area contributed by atoms with Crippen molar-refractivity contribution < 1.29 is 19.5 Å². The molecule has 248 valence electrons. The number of amides is 3. The van der Waals surface area contributed by atoms with E-state index in [0.717, 1.165) is 21.6 Å². The molecule has 9 heteroatoms. The Kier molecular flexibility index (Phi) is 13.3. The second kappa shape index (κ2) is 16.7. The van der Waals surface area contributed by atoms with E-state index in [9.17, 15) is 19.5 Å². The van der Waals surface area contributed by atoms with Crippen LogP contribution in [0.2, 0.25) is 0 Å². The van der Waals surface area contributed by atoms with Crippen LogP contribution < -0.4 is 10.6 Å². The molecule has 2 unspecified atom stereocenters. The Hall–Kier alpha value is -3.79. The van der Waals surface area contributed by atoms with Crippen LogP contribution in [0.1, 0.15) is 44.6 Å². The Bertz CT molecular complexity index is 1440. The summed E-state index contributed by atoms with van der Waals surface area (Å²) in [6.45, 7) is 7.99. The average Bonchev–Trinajstić information content (AvgIpc) is 3.58. The molecular weight excluding hydrogens is 596 g/mol. The number of likely N-dealkylation sites (N-methyl/N-ethyl adjacent to an activating group) is 2. The third kappa shape index (κ3) is 10.6. The summed E-state index contributed by atoms with van der Waals surface area (Å²) in [6, 6.07) is 20.3. The average molecular weight is 647 g/mol. The molecule has 0 spiro atoms. The number of hydrogen-bond acceptors (Lipinski definition) is 6. The zero-order valence-corrected chi connectivity index (χ0v) is 29.1. The monoisotopic (exact) mass is 646 g/mol. The van der Waals surface area contributed by atoms with Gasteiger partial charge in [0.25, 0.3) is 0 Å². The molecule has 3 amide bonds. The van der Waals surface area contributed by atoms with E-state index in [4.69, 9.17) is 0 Å². The molecule has 1 heterocycles. The number of carbonyl (C=O) groups is 3. The molecule has 0 radical (unpaired) electrons. The second-order valence-corrected chi connectivity index (χ2v) is 14.3. The van der Waals surface area contributed by atoms with Crippen molar-refractivity contribution in [3.63, 3.8) is 0 Å². The summed E-state index contributed by atoms with van der Waals surface area (Å²) in [7, 11) is 5.15. The van der Waals surface area contributed by atoms with Crippen molar-refractivity contribution in [2.75, 3.05) is 34.3 Å². The number of nitrogens with one attached hydrogen (secondary N) is 2. The first-order chi connectivity index (χ1) is 21.8. The van der Waals surface area contributed by atoms with E-state index in [-0.39, 0.29) is 42.8 Å². The standard InChI is InChI=1S/C37H50N4O4S/c1-36(2,26-42)25-39-34(44)31(24-30-15-12-22-46-30)41(7)35(45)32(40(6)33(43)16-11-21-37(3,4)38-5)23-27-17-19-29(20-18-27)28-13-9-8-10-14-28/h8-20,22,31-32,38,42H,21,23-26H2,1-7H3,(H,39,44)/b16-11+. The molecule has 2 atom stereocenters. The van der Waals surface area contributed by atoms with Crippen LogP contribution in [0.25, 0.3) is 11.1 Å². The Morgan fingerprint density at radius 3 is 2.11 bits per heavy atom. The van der Waals surface area contributed by atoms with Gasteiger partial charge < -0.3 is 25.5 Å². The Morgan fingerprint density at radius 2 is 1.52 bits per heavy atom. The SMILES string of the molecule is CNC(C)(C)C/C=C/C(=O)N(C)C(Cc1ccc(-c2ccccc2)cc1)C(=O)N(C)C(Cc1cccs1)C(=O)NCC(C)(C)CO. The van der Waals surface area contributed by atoms with Gasteiger partial charge in [-0.3, -0.25) is 14.4 Å². The lowest BCUT2D eigenvalue weighted by atomic mass is 9.94. The van der Waals surface area contributed by atoms with Crippen LogP contribution in [0, 0.1) is 5.41 Å². The highest BCUT2D eigenvalue weighted by Crippen LogP contribution is 2.22. The molecule has 0 fully saturated rings. The molecule has 0 saturated heterocycles. The van der Waals surface area contributed by atoms with Crippen LogP contribution in [0.5, 0.6) is 0 Å². The maximum absolute atomic E-state index is 14.4. The maximum Gasteiger partial charge on any atom is 0.246 e. The van der Waals surface area contributed by atoms with Gasteiger partial charge in [-0.25, -0.2) is 0 Å². The predicted octanol–water partition coefficient (Wildman–Crippen LogP) is 4.93. The van der Waals surface area contributed by atoms with Crippen molar-refractivity contribution in [3.05, 3.63) is 94.7 Å². The van der Waals surface area contributed by atoms with E-state index < -0.39 is 17.5 Å². The minimum absolute atomic E-state index is 0.0886. The highest BCUT2D eigenvalue weighted by molar-refractivity contribution is 7.09. The zero-order chi connectivity index (χ0) is 33.9. The van der Waals surface area contributed by atoms with Crippen molar-refractivity contribution >= 4 is 29.1 Å². The van der Waals surface area contributed by atoms with Crippen LogP contribution in [-0.4, -0.2) is 84.5 Å². The number of rotatable bonds is 16. The molecule has 8 nitrogen and oxygen atoms in total. The van der Waals surface area contributed by atoms with Gasteiger partial charge in [-0.1, -0.05) is 80.6 Å². The molecule has 0 bridgehead atoms. The first kappa shape index (κ1) is 36.7. The van der Waals surface area contributed by atoms with Gasteiger partial charge in [0.1, 0.15) is 12.1 Å². The lowest BCUT2D eigenvalue weighted by molar-refractivity contribution is -0.146. The third-order valence-electron chi connectivity index (χ3n) is 8.42. The summed E-state index contributed by atoms with van der Waals surface area (Å²) in [6.07, 6.45) is 4.59. The topological polar surface area (TPSA) is 102 Å². The van der Waals surface area contributed by atoms with Gasteiger partial charge in [0.05, 0.1) is 0 Å². The fourth-order valence-electron chi connectivity index (χ4n) is 4.82. The normalized spacial score (nSPS) is 13.3. The molecule has 46 heavy (non-hydrogen) atoms. The van der Waals surface area contributed by atoms with Crippen LogP contribution in [0.3, 0.4) is 0 Å². The molecule has 3 rings (SSSR count). The minimum atomic E-state index is -0.852. The fourth-order valence-corrected chi connectivity index (χ4v) is 5.56. The number of carbonyl (C=O) groups excluding carboxylic acids is 3. The summed E-state index contributed by atoms with van der Waals surface area (Å²) < 4.78 is 0. The minimum Gasteiger partial charge on any atom is -0.396 e. The Labute approximate surface area is 278 Å². The van der Waals surface area contributed by atoms with Crippen molar-refractivity contribution in [2.45, 2.75) is 64.6 Å². The maximum atomic E-state index is 14.4. The first-order valence-electron chi connectivity index (χ1n) is 15.7. The second-order valence-electron chi connectivity index (χ2n) is 13.3. The van der Waals surface area contributed by atoms with Crippen molar-refractivity contribution in [2.24, 2.45) is 5.41 Å². The third-order valence-corrected chi connectivity index (χ3v) is 9.32. The summed E-state index contributed by atoms with van der Waals surface area (Å²) in [5.41, 5.74) is 2.35. The largest absolute Gasteiger partial charge is 0.396 e.